The minimum atomic E-state index is 0.104. The third-order valence-corrected chi connectivity index (χ3v) is 3.40. The Morgan fingerprint density at radius 2 is 2.00 bits per heavy atom. The molecule has 15 heavy (non-hydrogen) atoms. The maximum Gasteiger partial charge on any atom is 0.0811 e. The van der Waals surface area contributed by atoms with Crippen LogP contribution in [-0.4, -0.2) is 25.8 Å². The van der Waals surface area contributed by atoms with Crippen molar-refractivity contribution in [3.05, 3.63) is 0 Å². The summed E-state index contributed by atoms with van der Waals surface area (Å²) in [7, 11) is 2.03. The van der Waals surface area contributed by atoms with E-state index >= 15 is 0 Å². The number of likely N-dealkylation sites (N-methyl/N-ethyl adjacent to an activating group) is 1. The van der Waals surface area contributed by atoms with Gasteiger partial charge in [0.25, 0.3) is 0 Å². The van der Waals surface area contributed by atoms with Gasteiger partial charge in [-0.15, -0.1) is 0 Å². The van der Waals surface area contributed by atoms with Crippen molar-refractivity contribution in [2.45, 2.75) is 58.5 Å². The summed E-state index contributed by atoms with van der Waals surface area (Å²) in [6.07, 6.45) is 6.18. The summed E-state index contributed by atoms with van der Waals surface area (Å²) in [5.41, 5.74) is 0.551. The Bertz CT molecular complexity index is 187. The molecule has 1 atom stereocenters. The number of rotatable bonds is 5. The van der Waals surface area contributed by atoms with E-state index in [1.54, 1.807) is 0 Å². The fraction of sp³-hybridized carbons (Fsp3) is 1.00. The summed E-state index contributed by atoms with van der Waals surface area (Å²) in [6.45, 7) is 8.81. The van der Waals surface area contributed by atoms with Crippen LogP contribution in [0.3, 0.4) is 0 Å². The zero-order valence-corrected chi connectivity index (χ0v) is 10.9. The van der Waals surface area contributed by atoms with Crippen LogP contribution in [-0.2, 0) is 4.74 Å². The minimum Gasteiger partial charge on any atom is -0.374 e. The zero-order chi connectivity index (χ0) is 11.4. The van der Waals surface area contributed by atoms with E-state index in [1.807, 2.05) is 7.05 Å². The van der Waals surface area contributed by atoms with E-state index in [0.29, 0.717) is 5.41 Å². The smallest absolute Gasteiger partial charge is 0.0811 e. The molecule has 0 aromatic heterocycles. The molecular formula is C13H27NO. The Morgan fingerprint density at radius 3 is 2.53 bits per heavy atom. The molecule has 1 aliphatic carbocycles. The van der Waals surface area contributed by atoms with Gasteiger partial charge in [-0.1, -0.05) is 27.2 Å². The fourth-order valence-corrected chi connectivity index (χ4v) is 2.90. The lowest BCUT2D eigenvalue weighted by Crippen LogP contribution is -2.48. The van der Waals surface area contributed by atoms with Gasteiger partial charge in [0.05, 0.1) is 5.60 Å². The predicted molar refractivity (Wildman–Crippen MR) is 65.1 cm³/mol. The summed E-state index contributed by atoms with van der Waals surface area (Å²) in [5.74, 6) is 0. The van der Waals surface area contributed by atoms with Gasteiger partial charge in [0, 0.05) is 13.2 Å². The van der Waals surface area contributed by atoms with E-state index in [9.17, 15) is 0 Å². The molecule has 0 saturated heterocycles. The lowest BCUT2D eigenvalue weighted by Gasteiger charge is -2.44. The first-order valence-electron chi connectivity index (χ1n) is 6.32. The summed E-state index contributed by atoms with van der Waals surface area (Å²) in [6, 6.07) is 0. The normalized spacial score (nSPS) is 30.4. The number of ether oxygens (including phenoxy) is 1. The Kier molecular flexibility index (Phi) is 4.60. The van der Waals surface area contributed by atoms with Crippen molar-refractivity contribution in [1.29, 1.82) is 0 Å². The van der Waals surface area contributed by atoms with Gasteiger partial charge in [-0.3, -0.25) is 0 Å². The second kappa shape index (κ2) is 5.31. The lowest BCUT2D eigenvalue weighted by molar-refractivity contribution is -0.0947. The van der Waals surface area contributed by atoms with Crippen LogP contribution in [0.25, 0.3) is 0 Å². The summed E-state index contributed by atoms with van der Waals surface area (Å²) in [4.78, 5) is 0. The van der Waals surface area contributed by atoms with Gasteiger partial charge in [0.2, 0.25) is 0 Å². The molecule has 2 nitrogen and oxygen atoms in total. The Labute approximate surface area is 94.8 Å². The topological polar surface area (TPSA) is 21.3 Å². The van der Waals surface area contributed by atoms with Gasteiger partial charge in [-0.25, -0.2) is 0 Å². The van der Waals surface area contributed by atoms with Crippen molar-refractivity contribution in [1.82, 2.24) is 5.32 Å². The van der Waals surface area contributed by atoms with Crippen LogP contribution in [0.15, 0.2) is 0 Å². The van der Waals surface area contributed by atoms with Gasteiger partial charge < -0.3 is 10.1 Å². The molecule has 0 aromatic carbocycles. The minimum absolute atomic E-state index is 0.104. The Balaban J connectivity index is 2.62. The van der Waals surface area contributed by atoms with E-state index in [-0.39, 0.29) is 5.60 Å². The average Bonchev–Trinajstić information content (AvgIpc) is 2.14. The fourth-order valence-electron chi connectivity index (χ4n) is 2.90. The van der Waals surface area contributed by atoms with E-state index < -0.39 is 0 Å². The van der Waals surface area contributed by atoms with Crippen LogP contribution in [0.4, 0.5) is 0 Å². The first kappa shape index (κ1) is 13.0. The van der Waals surface area contributed by atoms with E-state index in [0.717, 1.165) is 19.6 Å². The van der Waals surface area contributed by atoms with Gasteiger partial charge >= 0.3 is 0 Å². The molecule has 1 N–H and O–H groups in total. The first-order chi connectivity index (χ1) is 7.04. The predicted octanol–water partition coefficient (Wildman–Crippen LogP) is 2.97. The molecular weight excluding hydrogens is 186 g/mol. The molecule has 1 rings (SSSR count). The van der Waals surface area contributed by atoms with E-state index in [1.165, 1.54) is 25.7 Å². The third kappa shape index (κ3) is 3.76. The maximum absolute atomic E-state index is 6.13. The second-order valence-electron chi connectivity index (χ2n) is 5.76. The highest BCUT2D eigenvalue weighted by atomic mass is 16.5. The van der Waals surface area contributed by atoms with Crippen LogP contribution in [0.2, 0.25) is 0 Å². The Morgan fingerprint density at radius 1 is 1.27 bits per heavy atom. The second-order valence-corrected chi connectivity index (χ2v) is 5.76. The van der Waals surface area contributed by atoms with Crippen molar-refractivity contribution in [2.24, 2.45) is 5.41 Å². The highest BCUT2D eigenvalue weighted by molar-refractivity contribution is 4.93. The molecule has 1 aliphatic rings. The standard InChI is InChI=1S/C13H27NO/c1-5-9-15-13(11-14-4)8-6-7-12(2,3)10-13/h14H,5-11H2,1-4H3. The SMILES string of the molecule is CCCOC1(CNC)CCCC(C)(C)C1. The molecule has 1 unspecified atom stereocenters. The number of hydrogen-bond donors (Lipinski definition) is 1. The van der Waals surface area contributed by atoms with Crippen LogP contribution in [0, 0.1) is 5.41 Å². The molecule has 1 fully saturated rings. The molecule has 0 amide bonds. The van der Waals surface area contributed by atoms with Gasteiger partial charge in [-0.05, 0) is 38.1 Å². The quantitative estimate of drug-likeness (QED) is 0.758. The molecule has 0 aliphatic heterocycles. The molecule has 0 radical (unpaired) electrons. The van der Waals surface area contributed by atoms with Crippen molar-refractivity contribution in [2.75, 3.05) is 20.2 Å². The third-order valence-electron chi connectivity index (χ3n) is 3.40. The summed E-state index contributed by atoms with van der Waals surface area (Å²) < 4.78 is 6.13. The van der Waals surface area contributed by atoms with E-state index in [2.05, 4.69) is 26.1 Å². The molecule has 0 aromatic rings. The molecule has 2 heteroatoms. The first-order valence-corrected chi connectivity index (χ1v) is 6.32. The Hall–Kier alpha value is -0.0800. The number of nitrogens with one attached hydrogen (secondary N) is 1. The van der Waals surface area contributed by atoms with Crippen molar-refractivity contribution in [3.8, 4) is 0 Å². The molecule has 90 valence electrons. The van der Waals surface area contributed by atoms with Gasteiger partial charge in [0.1, 0.15) is 0 Å². The van der Waals surface area contributed by atoms with Crippen LogP contribution >= 0.6 is 0 Å². The maximum atomic E-state index is 6.13. The average molecular weight is 213 g/mol. The van der Waals surface area contributed by atoms with Crippen molar-refractivity contribution in [3.63, 3.8) is 0 Å². The van der Waals surface area contributed by atoms with Gasteiger partial charge in [0.15, 0.2) is 0 Å². The number of hydrogen-bond acceptors (Lipinski definition) is 2. The van der Waals surface area contributed by atoms with Crippen LogP contribution in [0.1, 0.15) is 52.9 Å². The van der Waals surface area contributed by atoms with E-state index in [4.69, 9.17) is 4.74 Å². The monoisotopic (exact) mass is 213 g/mol. The lowest BCUT2D eigenvalue weighted by atomic mass is 9.69. The van der Waals surface area contributed by atoms with Crippen molar-refractivity contribution < 1.29 is 4.74 Å². The molecule has 0 bridgehead atoms. The molecule has 0 spiro atoms. The summed E-state index contributed by atoms with van der Waals surface area (Å²) >= 11 is 0. The summed E-state index contributed by atoms with van der Waals surface area (Å²) in [5, 5.41) is 3.30. The van der Waals surface area contributed by atoms with Crippen LogP contribution in [0.5, 0.6) is 0 Å². The molecule has 0 heterocycles. The highest BCUT2D eigenvalue weighted by Gasteiger charge is 2.40. The largest absolute Gasteiger partial charge is 0.374 e. The molecule has 1 saturated carbocycles. The van der Waals surface area contributed by atoms with Crippen LogP contribution < -0.4 is 5.32 Å². The zero-order valence-electron chi connectivity index (χ0n) is 10.9. The van der Waals surface area contributed by atoms with Crippen molar-refractivity contribution >= 4 is 0 Å². The highest BCUT2D eigenvalue weighted by Crippen LogP contribution is 2.42. The van der Waals surface area contributed by atoms with Gasteiger partial charge in [-0.2, -0.15) is 0 Å².